The number of fused-ring (bicyclic) bond motifs is 3. The molecule has 3 aromatic rings. The van der Waals surface area contributed by atoms with Crippen LogP contribution >= 0.6 is 12.2 Å². The molecule has 0 aliphatic carbocycles. The maximum absolute atomic E-state index is 10.1. The molecule has 0 radical (unpaired) electrons. The molecule has 4 heterocycles. The van der Waals surface area contributed by atoms with Gasteiger partial charge in [-0.1, -0.05) is 0 Å². The number of nitrogens with zero attached hydrogens (tertiary/aromatic N) is 4. The van der Waals surface area contributed by atoms with E-state index in [0.717, 1.165) is 0 Å². The summed E-state index contributed by atoms with van der Waals surface area (Å²) in [6.45, 7) is -0.387. The molecule has 116 valence electrons. The fourth-order valence-electron chi connectivity index (χ4n) is 2.76. The summed E-state index contributed by atoms with van der Waals surface area (Å²) in [5, 5.41) is 29.2. The quantitative estimate of drug-likeness (QED) is 0.463. The van der Waals surface area contributed by atoms with Crippen LogP contribution in [0.2, 0.25) is 0 Å². The number of aromatic nitrogens is 5. The third kappa shape index (κ3) is 1.76. The van der Waals surface area contributed by atoms with Crippen LogP contribution in [0.1, 0.15) is 6.23 Å². The zero-order valence-corrected chi connectivity index (χ0v) is 12.0. The Labute approximate surface area is 128 Å². The fourth-order valence-corrected chi connectivity index (χ4v) is 3.00. The van der Waals surface area contributed by atoms with Gasteiger partial charge in [0.1, 0.15) is 29.5 Å². The molecular weight excluding hydrogens is 310 g/mol. The largest absolute Gasteiger partial charge is 0.394 e. The first kappa shape index (κ1) is 13.8. The highest BCUT2D eigenvalue weighted by atomic mass is 32.1. The molecular formula is C12H13N5O4S. The van der Waals surface area contributed by atoms with Crippen molar-refractivity contribution in [1.29, 1.82) is 0 Å². The number of rotatable bonds is 2. The van der Waals surface area contributed by atoms with Crippen LogP contribution in [0, 0.1) is 4.77 Å². The van der Waals surface area contributed by atoms with E-state index in [2.05, 4.69) is 15.0 Å². The Balaban J connectivity index is 1.90. The van der Waals surface area contributed by atoms with Gasteiger partial charge in [0, 0.05) is 12.4 Å². The van der Waals surface area contributed by atoms with Gasteiger partial charge in [0.05, 0.1) is 12.9 Å². The Morgan fingerprint density at radius 3 is 2.86 bits per heavy atom. The smallest absolute Gasteiger partial charge is 0.184 e. The summed E-state index contributed by atoms with van der Waals surface area (Å²) in [5.74, 6) is 0. The van der Waals surface area contributed by atoms with E-state index in [-0.39, 0.29) is 6.61 Å². The molecule has 22 heavy (non-hydrogen) atoms. The van der Waals surface area contributed by atoms with Crippen LogP contribution in [0.25, 0.3) is 16.8 Å². The highest BCUT2D eigenvalue weighted by Crippen LogP contribution is 2.31. The minimum Gasteiger partial charge on any atom is -0.394 e. The summed E-state index contributed by atoms with van der Waals surface area (Å²) < 4.78 is 9.17. The second kappa shape index (κ2) is 4.83. The number of aliphatic hydroxyl groups is 3. The Morgan fingerprint density at radius 1 is 1.32 bits per heavy atom. The van der Waals surface area contributed by atoms with E-state index >= 15 is 0 Å². The van der Waals surface area contributed by atoms with Gasteiger partial charge in [0.25, 0.3) is 0 Å². The van der Waals surface area contributed by atoms with E-state index in [9.17, 15) is 15.3 Å². The number of nitrogens with one attached hydrogen (secondary N) is 1. The molecule has 9 nitrogen and oxygen atoms in total. The van der Waals surface area contributed by atoms with E-state index < -0.39 is 24.5 Å². The number of imidazole rings is 2. The average molecular weight is 323 g/mol. The van der Waals surface area contributed by atoms with Crippen molar-refractivity contribution in [3.8, 4) is 0 Å². The molecule has 0 bridgehead atoms. The minimum atomic E-state index is -1.19. The second-order valence-corrected chi connectivity index (χ2v) is 5.52. The van der Waals surface area contributed by atoms with E-state index in [1.165, 1.54) is 6.33 Å². The average Bonchev–Trinajstić information content (AvgIpc) is 3.19. The van der Waals surface area contributed by atoms with Crippen molar-refractivity contribution in [1.82, 2.24) is 23.9 Å². The summed E-state index contributed by atoms with van der Waals surface area (Å²) in [6, 6.07) is 0. The Kier molecular flexibility index (Phi) is 3.03. The Bertz CT molecular complexity index is 902. The number of aromatic amines is 1. The summed E-state index contributed by atoms with van der Waals surface area (Å²) in [7, 11) is 0. The van der Waals surface area contributed by atoms with Crippen molar-refractivity contribution in [2.75, 3.05) is 6.61 Å². The van der Waals surface area contributed by atoms with Crippen LogP contribution in [0.3, 0.4) is 0 Å². The predicted octanol–water partition coefficient (Wildman–Crippen LogP) is -0.647. The number of ether oxygens (including phenoxy) is 1. The number of hydrogen-bond donors (Lipinski definition) is 4. The first-order chi connectivity index (χ1) is 10.6. The highest BCUT2D eigenvalue weighted by Gasteiger charge is 2.43. The molecule has 1 saturated heterocycles. The van der Waals surface area contributed by atoms with E-state index in [4.69, 9.17) is 17.0 Å². The standard InChI is InChI=1S/C12H13N5O4S/c18-3-5-7(19)8(20)11(21-5)17-4-14-6-9-13-1-2-16(9)12(22)15-10(6)17/h1-2,4-5,7-8,11,18-20H,3H2,(H,15,22). The van der Waals surface area contributed by atoms with Crippen molar-refractivity contribution < 1.29 is 20.1 Å². The number of H-pyrrole nitrogens is 1. The predicted molar refractivity (Wildman–Crippen MR) is 76.7 cm³/mol. The van der Waals surface area contributed by atoms with Gasteiger partial charge in [0.2, 0.25) is 0 Å². The molecule has 4 rings (SSSR count). The van der Waals surface area contributed by atoms with Gasteiger partial charge in [0.15, 0.2) is 16.6 Å². The molecule has 4 atom stereocenters. The summed E-state index contributed by atoms with van der Waals surface area (Å²) in [5.41, 5.74) is 1.68. The lowest BCUT2D eigenvalue weighted by atomic mass is 10.1. The molecule has 0 aromatic carbocycles. The van der Waals surface area contributed by atoms with Crippen LogP contribution < -0.4 is 0 Å². The van der Waals surface area contributed by atoms with Crippen LogP contribution in [-0.4, -0.2) is 64.2 Å². The third-order valence-electron chi connectivity index (χ3n) is 3.88. The maximum atomic E-state index is 10.1. The van der Waals surface area contributed by atoms with Gasteiger partial charge in [-0.25, -0.2) is 9.97 Å². The van der Waals surface area contributed by atoms with Crippen molar-refractivity contribution in [2.45, 2.75) is 24.5 Å². The van der Waals surface area contributed by atoms with Crippen molar-refractivity contribution >= 4 is 29.0 Å². The summed E-state index contributed by atoms with van der Waals surface area (Å²) in [4.78, 5) is 11.5. The lowest BCUT2D eigenvalue weighted by Gasteiger charge is -2.16. The third-order valence-corrected chi connectivity index (χ3v) is 4.18. The first-order valence-corrected chi connectivity index (χ1v) is 7.07. The van der Waals surface area contributed by atoms with E-state index in [1.54, 1.807) is 21.4 Å². The highest BCUT2D eigenvalue weighted by molar-refractivity contribution is 7.71. The lowest BCUT2D eigenvalue weighted by molar-refractivity contribution is -0.0511. The van der Waals surface area contributed by atoms with Crippen LogP contribution in [0.5, 0.6) is 0 Å². The Hall–Kier alpha value is -1.85. The second-order valence-electron chi connectivity index (χ2n) is 5.13. The molecule has 4 N–H and O–H groups in total. The topological polar surface area (TPSA) is 121 Å². The van der Waals surface area contributed by atoms with E-state index in [1.807, 2.05) is 0 Å². The minimum absolute atomic E-state index is 0.387. The van der Waals surface area contributed by atoms with Crippen LogP contribution in [0.15, 0.2) is 18.7 Å². The van der Waals surface area contributed by atoms with Gasteiger partial charge < -0.3 is 25.0 Å². The van der Waals surface area contributed by atoms with Crippen LogP contribution in [-0.2, 0) is 4.74 Å². The fraction of sp³-hybridized carbons (Fsp3) is 0.417. The Morgan fingerprint density at radius 2 is 2.14 bits per heavy atom. The molecule has 1 aliphatic heterocycles. The van der Waals surface area contributed by atoms with Gasteiger partial charge in [-0.05, 0) is 12.2 Å². The van der Waals surface area contributed by atoms with Gasteiger partial charge in [-0.15, -0.1) is 0 Å². The molecule has 1 fully saturated rings. The molecule has 0 saturated carbocycles. The number of aliphatic hydroxyl groups excluding tert-OH is 3. The van der Waals surface area contributed by atoms with Crippen molar-refractivity contribution in [3.05, 3.63) is 23.5 Å². The molecule has 0 amide bonds. The monoisotopic (exact) mass is 323 g/mol. The van der Waals surface area contributed by atoms with Gasteiger partial charge in [-0.2, -0.15) is 0 Å². The first-order valence-electron chi connectivity index (χ1n) is 6.66. The van der Waals surface area contributed by atoms with Crippen LogP contribution in [0.4, 0.5) is 0 Å². The zero-order chi connectivity index (χ0) is 15.4. The molecule has 3 aromatic heterocycles. The SMILES string of the molecule is OCC1OC(n2cnc3c2[nH]c(=S)n2ccnc32)C(O)C1O. The lowest BCUT2D eigenvalue weighted by Crippen LogP contribution is -2.33. The maximum Gasteiger partial charge on any atom is 0.184 e. The molecule has 10 heteroatoms. The summed E-state index contributed by atoms with van der Waals surface area (Å²) >= 11 is 5.27. The summed E-state index contributed by atoms with van der Waals surface area (Å²) in [6.07, 6.45) is 0.724. The van der Waals surface area contributed by atoms with E-state index in [0.29, 0.717) is 21.6 Å². The molecule has 0 spiro atoms. The van der Waals surface area contributed by atoms with Gasteiger partial charge in [-0.3, -0.25) is 8.97 Å². The zero-order valence-electron chi connectivity index (χ0n) is 11.2. The van der Waals surface area contributed by atoms with Crippen molar-refractivity contribution in [2.24, 2.45) is 0 Å². The molecule has 4 unspecified atom stereocenters. The van der Waals surface area contributed by atoms with Crippen molar-refractivity contribution in [3.63, 3.8) is 0 Å². The number of hydrogen-bond acceptors (Lipinski definition) is 7. The normalized spacial score (nSPS) is 28.9. The molecule has 1 aliphatic rings. The van der Waals surface area contributed by atoms with Gasteiger partial charge >= 0.3 is 0 Å².